The number of ether oxygens (including phenoxy) is 1. The molecular weight excluding hydrogens is 144 g/mol. The molecule has 0 radical (unpaired) electrons. The molecule has 0 bridgehead atoms. The van der Waals surface area contributed by atoms with Crippen molar-refractivity contribution in [1.29, 1.82) is 0 Å². The minimum Gasteiger partial charge on any atom is -0.364 e. The lowest BCUT2D eigenvalue weighted by Crippen LogP contribution is -2.31. The molecule has 0 aromatic rings. The zero-order chi connectivity index (χ0) is 8.43. The summed E-state index contributed by atoms with van der Waals surface area (Å²) >= 11 is 0. The lowest BCUT2D eigenvalue weighted by Gasteiger charge is -2.14. The van der Waals surface area contributed by atoms with Crippen LogP contribution in [0.3, 0.4) is 0 Å². The van der Waals surface area contributed by atoms with Crippen molar-refractivity contribution in [3.63, 3.8) is 0 Å². The fourth-order valence-electron chi connectivity index (χ4n) is 1.19. The Bertz CT molecular complexity index is 161. The van der Waals surface area contributed by atoms with Crippen molar-refractivity contribution in [2.24, 2.45) is 0 Å². The predicted octanol–water partition coefficient (Wildman–Crippen LogP) is 0.346. The van der Waals surface area contributed by atoms with E-state index in [2.05, 4.69) is 0 Å². The Morgan fingerprint density at radius 2 is 2.36 bits per heavy atom. The maximum atomic E-state index is 11.3. The Labute approximate surface area is 66.7 Å². The van der Waals surface area contributed by atoms with Crippen LogP contribution in [0, 0.1) is 0 Å². The second-order valence-electron chi connectivity index (χ2n) is 2.88. The Hall–Kier alpha value is -0.770. The van der Waals surface area contributed by atoms with Crippen LogP contribution in [-0.4, -0.2) is 49.3 Å². The third-order valence-corrected chi connectivity index (χ3v) is 2.00. The van der Waals surface area contributed by atoms with E-state index >= 15 is 0 Å². The summed E-state index contributed by atoms with van der Waals surface area (Å²) in [5.74, 6) is 0. The average Bonchev–Trinajstić information content (AvgIpc) is 2.19. The first-order chi connectivity index (χ1) is 5.16. The molecule has 0 aromatic carbocycles. The van der Waals surface area contributed by atoms with Crippen molar-refractivity contribution >= 4 is 6.03 Å². The third-order valence-electron chi connectivity index (χ3n) is 2.00. The number of amides is 2. The molecule has 0 aromatic heterocycles. The summed E-state index contributed by atoms with van der Waals surface area (Å²) in [4.78, 5) is 14.7. The molecule has 1 aliphatic heterocycles. The van der Waals surface area contributed by atoms with Crippen LogP contribution in [0.2, 0.25) is 0 Å². The summed E-state index contributed by atoms with van der Waals surface area (Å²) in [5.41, 5.74) is 0. The van der Waals surface area contributed by atoms with Gasteiger partial charge in [-0.1, -0.05) is 0 Å². The molecule has 1 atom stereocenters. The highest BCUT2D eigenvalue weighted by Gasteiger charge is 2.30. The summed E-state index contributed by atoms with van der Waals surface area (Å²) in [7, 11) is 3.40. The second kappa shape index (κ2) is 3.09. The number of likely N-dealkylation sites (N-methyl/N-ethyl adjacent to an activating group) is 1. The molecule has 4 nitrogen and oxygen atoms in total. The van der Waals surface area contributed by atoms with E-state index in [4.69, 9.17) is 4.74 Å². The van der Waals surface area contributed by atoms with Crippen molar-refractivity contribution in [2.75, 3.05) is 27.4 Å². The van der Waals surface area contributed by atoms with Gasteiger partial charge in [-0.2, -0.15) is 0 Å². The highest BCUT2D eigenvalue weighted by molar-refractivity contribution is 5.76. The minimum absolute atomic E-state index is 0.0550. The van der Waals surface area contributed by atoms with Crippen LogP contribution in [0.25, 0.3) is 0 Å². The van der Waals surface area contributed by atoms with E-state index in [0.29, 0.717) is 12.8 Å². The lowest BCUT2D eigenvalue weighted by atomic mass is 10.3. The quantitative estimate of drug-likeness (QED) is 0.580. The van der Waals surface area contributed by atoms with E-state index in [9.17, 15) is 4.79 Å². The first-order valence-corrected chi connectivity index (χ1v) is 3.67. The Kier molecular flexibility index (Phi) is 2.34. The number of hydrogen-bond acceptors (Lipinski definition) is 2. The van der Waals surface area contributed by atoms with Gasteiger partial charge >= 0.3 is 6.03 Å². The largest absolute Gasteiger partial charge is 0.364 e. The van der Waals surface area contributed by atoms with Crippen molar-refractivity contribution in [3.8, 4) is 0 Å². The highest BCUT2D eigenvalue weighted by Crippen LogP contribution is 2.12. The summed E-state index contributed by atoms with van der Waals surface area (Å²) in [6.45, 7) is 3.18. The van der Waals surface area contributed by atoms with E-state index in [1.54, 1.807) is 16.9 Å². The normalized spacial score (nSPS) is 25.0. The van der Waals surface area contributed by atoms with Crippen molar-refractivity contribution < 1.29 is 9.53 Å². The molecule has 1 aliphatic rings. The van der Waals surface area contributed by atoms with Gasteiger partial charge in [-0.05, 0) is 6.92 Å². The van der Waals surface area contributed by atoms with E-state index in [1.165, 1.54) is 0 Å². The van der Waals surface area contributed by atoms with Gasteiger partial charge in [-0.15, -0.1) is 0 Å². The standard InChI is InChI=1S/C7H14N2O2/c1-6-4-9(5-11-3)7(10)8(6)2/h6H,4-5H2,1-3H3. The summed E-state index contributed by atoms with van der Waals surface area (Å²) in [6, 6.07) is 0.358. The number of hydrogen-bond donors (Lipinski definition) is 0. The van der Waals surface area contributed by atoms with Crippen LogP contribution in [0.5, 0.6) is 0 Å². The first kappa shape index (κ1) is 8.33. The molecule has 11 heavy (non-hydrogen) atoms. The van der Waals surface area contributed by atoms with Gasteiger partial charge < -0.3 is 9.64 Å². The maximum absolute atomic E-state index is 11.3. The molecule has 1 fully saturated rings. The Morgan fingerprint density at radius 3 is 2.73 bits per heavy atom. The van der Waals surface area contributed by atoms with Gasteiger partial charge in [0.1, 0.15) is 6.73 Å². The summed E-state index contributed by atoms with van der Waals surface area (Å²) in [5, 5.41) is 0. The van der Waals surface area contributed by atoms with Gasteiger partial charge in [0.15, 0.2) is 0 Å². The van der Waals surface area contributed by atoms with Crippen LogP contribution in [-0.2, 0) is 4.74 Å². The van der Waals surface area contributed by atoms with Crippen molar-refractivity contribution in [2.45, 2.75) is 13.0 Å². The molecule has 1 heterocycles. The molecule has 0 spiro atoms. The molecule has 1 unspecified atom stereocenters. The van der Waals surface area contributed by atoms with Crippen molar-refractivity contribution in [1.82, 2.24) is 9.80 Å². The molecule has 1 saturated heterocycles. The van der Waals surface area contributed by atoms with Crippen LogP contribution in [0.15, 0.2) is 0 Å². The number of rotatable bonds is 2. The SMILES string of the molecule is COCN1CC(C)N(C)C1=O. The smallest absolute Gasteiger partial charge is 0.321 e. The Morgan fingerprint density at radius 1 is 1.73 bits per heavy atom. The van der Waals surface area contributed by atoms with Gasteiger partial charge in [0.05, 0.1) is 0 Å². The zero-order valence-corrected chi connectivity index (χ0v) is 7.20. The predicted molar refractivity (Wildman–Crippen MR) is 41.2 cm³/mol. The van der Waals surface area contributed by atoms with E-state index in [0.717, 1.165) is 6.54 Å². The summed E-state index contributed by atoms with van der Waals surface area (Å²) in [6.07, 6.45) is 0. The van der Waals surface area contributed by atoms with Crippen LogP contribution < -0.4 is 0 Å². The molecule has 1 rings (SSSR count). The summed E-state index contributed by atoms with van der Waals surface area (Å²) < 4.78 is 4.87. The lowest BCUT2D eigenvalue weighted by molar-refractivity contribution is 0.0934. The third kappa shape index (κ3) is 1.45. The molecule has 4 heteroatoms. The molecule has 2 amide bonds. The topological polar surface area (TPSA) is 32.8 Å². The van der Waals surface area contributed by atoms with Gasteiger partial charge in [0, 0.05) is 26.7 Å². The number of urea groups is 1. The average molecular weight is 158 g/mol. The van der Waals surface area contributed by atoms with Gasteiger partial charge in [-0.25, -0.2) is 4.79 Å². The van der Waals surface area contributed by atoms with E-state index in [1.807, 2.05) is 14.0 Å². The number of nitrogens with zero attached hydrogens (tertiary/aromatic N) is 2. The van der Waals surface area contributed by atoms with Gasteiger partial charge in [-0.3, -0.25) is 4.90 Å². The maximum Gasteiger partial charge on any atom is 0.321 e. The highest BCUT2D eigenvalue weighted by atomic mass is 16.5. The number of carbonyl (C=O) groups is 1. The number of methoxy groups -OCH3 is 1. The molecule has 64 valence electrons. The second-order valence-corrected chi connectivity index (χ2v) is 2.88. The minimum atomic E-state index is 0.0550. The first-order valence-electron chi connectivity index (χ1n) is 3.67. The molecule has 0 saturated carbocycles. The Balaban J connectivity index is 2.52. The number of carbonyl (C=O) groups excluding carboxylic acids is 1. The van der Waals surface area contributed by atoms with Crippen LogP contribution in [0.4, 0.5) is 4.79 Å². The van der Waals surface area contributed by atoms with Crippen LogP contribution >= 0.6 is 0 Å². The van der Waals surface area contributed by atoms with E-state index in [-0.39, 0.29) is 6.03 Å². The monoisotopic (exact) mass is 158 g/mol. The molecule has 0 aliphatic carbocycles. The molecule has 0 N–H and O–H groups in total. The van der Waals surface area contributed by atoms with E-state index < -0.39 is 0 Å². The zero-order valence-electron chi connectivity index (χ0n) is 7.20. The fourth-order valence-corrected chi connectivity index (χ4v) is 1.19. The molecular formula is C7H14N2O2. The van der Waals surface area contributed by atoms with Gasteiger partial charge in [0.25, 0.3) is 0 Å². The van der Waals surface area contributed by atoms with Crippen molar-refractivity contribution in [3.05, 3.63) is 0 Å². The van der Waals surface area contributed by atoms with Crippen LogP contribution in [0.1, 0.15) is 6.92 Å². The van der Waals surface area contributed by atoms with Gasteiger partial charge in [0.2, 0.25) is 0 Å². The fraction of sp³-hybridized carbons (Fsp3) is 0.857.